The molecule has 8 heteroatoms. The van der Waals surface area contributed by atoms with Crippen LogP contribution >= 0.6 is 15.9 Å². The van der Waals surface area contributed by atoms with Crippen LogP contribution in [0.15, 0.2) is 22.7 Å². The van der Waals surface area contributed by atoms with Crippen LogP contribution in [0, 0.1) is 10.1 Å². The summed E-state index contributed by atoms with van der Waals surface area (Å²) < 4.78 is 5.24. The molecule has 0 fully saturated rings. The molecule has 0 saturated heterocycles. The number of carbonyl (C=O) groups is 2. The minimum absolute atomic E-state index is 0.00842. The van der Waals surface area contributed by atoms with Gasteiger partial charge < -0.3 is 10.1 Å². The van der Waals surface area contributed by atoms with Crippen molar-refractivity contribution >= 4 is 33.5 Å². The Morgan fingerprint density at radius 1 is 1.33 bits per heavy atom. The molecule has 114 valence electrons. The number of carbonyl (C=O) groups excluding carboxylic acids is 2. The van der Waals surface area contributed by atoms with Crippen molar-refractivity contribution in [3.63, 3.8) is 0 Å². The van der Waals surface area contributed by atoms with Crippen molar-refractivity contribution in [1.29, 1.82) is 0 Å². The Kier molecular flexibility index (Phi) is 5.83. The number of benzene rings is 1. The predicted octanol–water partition coefficient (Wildman–Crippen LogP) is 2.43. The molecule has 0 heterocycles. The topological polar surface area (TPSA) is 98.5 Å². The summed E-state index contributed by atoms with van der Waals surface area (Å²) in [5, 5.41) is 13.4. The van der Waals surface area contributed by atoms with E-state index in [1.54, 1.807) is 13.8 Å². The van der Waals surface area contributed by atoms with E-state index < -0.39 is 22.9 Å². The van der Waals surface area contributed by atoms with Gasteiger partial charge >= 0.3 is 5.97 Å². The van der Waals surface area contributed by atoms with E-state index in [2.05, 4.69) is 21.2 Å². The first-order valence-corrected chi connectivity index (χ1v) is 6.97. The van der Waals surface area contributed by atoms with Gasteiger partial charge in [-0.25, -0.2) is 4.79 Å². The van der Waals surface area contributed by atoms with Crippen LogP contribution in [0.4, 0.5) is 5.69 Å². The Balaban J connectivity index is 2.83. The van der Waals surface area contributed by atoms with Gasteiger partial charge in [0.25, 0.3) is 11.6 Å². The maximum absolute atomic E-state index is 11.9. The third kappa shape index (κ3) is 4.82. The third-order valence-corrected chi connectivity index (χ3v) is 3.13. The van der Waals surface area contributed by atoms with Gasteiger partial charge in [0.1, 0.15) is 0 Å². The highest BCUT2D eigenvalue weighted by molar-refractivity contribution is 9.10. The lowest BCUT2D eigenvalue weighted by atomic mass is 10.2. The molecule has 0 spiro atoms. The van der Waals surface area contributed by atoms with Gasteiger partial charge in [0.2, 0.25) is 0 Å². The Morgan fingerprint density at radius 3 is 2.48 bits per heavy atom. The fraction of sp³-hybridized carbons (Fsp3) is 0.385. The Bertz CT molecular complexity index is 574. The van der Waals surface area contributed by atoms with Crippen LogP contribution in [0.2, 0.25) is 0 Å². The van der Waals surface area contributed by atoms with Crippen LogP contribution in [0.1, 0.15) is 31.1 Å². The van der Waals surface area contributed by atoms with Crippen molar-refractivity contribution in [1.82, 2.24) is 5.32 Å². The van der Waals surface area contributed by atoms with Crippen LogP contribution in [0.25, 0.3) is 0 Å². The zero-order valence-electron chi connectivity index (χ0n) is 11.8. The highest BCUT2D eigenvalue weighted by Crippen LogP contribution is 2.26. The molecule has 0 saturated carbocycles. The van der Waals surface area contributed by atoms with Gasteiger partial charge in [-0.1, -0.05) is 0 Å². The van der Waals surface area contributed by atoms with Gasteiger partial charge in [-0.2, -0.15) is 0 Å². The van der Waals surface area contributed by atoms with Crippen molar-refractivity contribution in [2.45, 2.75) is 32.9 Å². The number of esters is 1. The second-order valence-corrected chi connectivity index (χ2v) is 5.49. The second kappa shape index (κ2) is 7.16. The third-order valence-electron chi connectivity index (χ3n) is 2.46. The van der Waals surface area contributed by atoms with E-state index in [1.807, 2.05) is 0 Å². The lowest BCUT2D eigenvalue weighted by Crippen LogP contribution is -2.39. The van der Waals surface area contributed by atoms with Crippen LogP contribution in [0.3, 0.4) is 0 Å². The zero-order chi connectivity index (χ0) is 16.2. The molecule has 0 unspecified atom stereocenters. The number of ether oxygens (including phenoxy) is 1. The molecular weight excluding hydrogens is 344 g/mol. The molecule has 7 nitrogen and oxygen atoms in total. The highest BCUT2D eigenvalue weighted by atomic mass is 79.9. The first kappa shape index (κ1) is 17.1. The number of rotatable bonds is 5. The van der Waals surface area contributed by atoms with E-state index in [1.165, 1.54) is 19.1 Å². The molecule has 1 N–H and O–H groups in total. The van der Waals surface area contributed by atoms with Crippen LogP contribution in [-0.2, 0) is 9.53 Å². The summed E-state index contributed by atoms with van der Waals surface area (Å²) >= 11 is 3.02. The smallest absolute Gasteiger partial charge is 0.339 e. The number of amides is 1. The summed E-state index contributed by atoms with van der Waals surface area (Å²) in [7, 11) is 0. The van der Waals surface area contributed by atoms with E-state index in [0.717, 1.165) is 6.07 Å². The predicted molar refractivity (Wildman–Crippen MR) is 79.0 cm³/mol. The van der Waals surface area contributed by atoms with Crippen molar-refractivity contribution in [3.8, 4) is 0 Å². The van der Waals surface area contributed by atoms with Gasteiger partial charge in [-0.05, 0) is 48.8 Å². The van der Waals surface area contributed by atoms with E-state index in [4.69, 9.17) is 4.74 Å². The molecular formula is C13H15BrN2O5. The summed E-state index contributed by atoms with van der Waals surface area (Å²) in [6, 6.07) is 3.78. The van der Waals surface area contributed by atoms with E-state index >= 15 is 0 Å². The monoisotopic (exact) mass is 358 g/mol. The summed E-state index contributed by atoms with van der Waals surface area (Å²) in [6.07, 6.45) is -0.984. The quantitative estimate of drug-likeness (QED) is 0.495. The molecule has 0 aromatic heterocycles. The van der Waals surface area contributed by atoms with Crippen LogP contribution in [-0.4, -0.2) is 28.9 Å². The average molecular weight is 359 g/mol. The van der Waals surface area contributed by atoms with Gasteiger partial charge in [0.05, 0.1) is 15.0 Å². The number of nitrogens with zero attached hydrogens (tertiary/aromatic N) is 1. The van der Waals surface area contributed by atoms with Crippen molar-refractivity contribution in [2.24, 2.45) is 0 Å². The standard InChI is InChI=1S/C13H15BrN2O5/c1-7(2)15-12(17)8(3)21-13(18)9-4-5-10(14)11(6-9)16(19)20/h4-8H,1-3H3,(H,15,17)/t8-/m0/s1. The fourth-order valence-corrected chi connectivity index (χ4v) is 1.85. The summed E-state index contributed by atoms with van der Waals surface area (Å²) in [4.78, 5) is 33.7. The summed E-state index contributed by atoms with van der Waals surface area (Å²) in [5.74, 6) is -1.22. The molecule has 1 atom stereocenters. The number of nitro groups is 1. The average Bonchev–Trinajstić information content (AvgIpc) is 2.37. The lowest BCUT2D eigenvalue weighted by Gasteiger charge is -2.15. The largest absolute Gasteiger partial charge is 0.449 e. The van der Waals surface area contributed by atoms with E-state index in [9.17, 15) is 19.7 Å². The molecule has 21 heavy (non-hydrogen) atoms. The van der Waals surface area contributed by atoms with Crippen LogP contribution in [0.5, 0.6) is 0 Å². The Labute approximate surface area is 129 Å². The van der Waals surface area contributed by atoms with E-state index in [0.29, 0.717) is 0 Å². The molecule has 0 aliphatic rings. The molecule has 1 rings (SSSR count). The summed E-state index contributed by atoms with van der Waals surface area (Å²) in [5.41, 5.74) is -0.238. The second-order valence-electron chi connectivity index (χ2n) is 4.63. The van der Waals surface area contributed by atoms with E-state index in [-0.39, 0.29) is 21.8 Å². The molecule has 0 aliphatic carbocycles. The maximum atomic E-state index is 11.9. The van der Waals surface area contributed by atoms with Crippen molar-refractivity contribution < 1.29 is 19.2 Å². The molecule has 0 radical (unpaired) electrons. The molecule has 0 aliphatic heterocycles. The lowest BCUT2D eigenvalue weighted by molar-refractivity contribution is -0.385. The summed E-state index contributed by atoms with van der Waals surface area (Å²) in [6.45, 7) is 5.00. The highest BCUT2D eigenvalue weighted by Gasteiger charge is 2.21. The normalized spacial score (nSPS) is 11.9. The molecule has 1 amide bonds. The minimum Gasteiger partial charge on any atom is -0.449 e. The Morgan fingerprint density at radius 2 is 1.95 bits per heavy atom. The molecule has 1 aromatic carbocycles. The number of nitrogens with one attached hydrogen (secondary N) is 1. The Hall–Kier alpha value is -1.96. The minimum atomic E-state index is -0.984. The van der Waals surface area contributed by atoms with Gasteiger partial charge in [-0.3, -0.25) is 14.9 Å². The first-order chi connectivity index (χ1) is 9.72. The molecule has 0 bridgehead atoms. The van der Waals surface area contributed by atoms with Crippen molar-refractivity contribution in [3.05, 3.63) is 38.3 Å². The van der Waals surface area contributed by atoms with Crippen LogP contribution < -0.4 is 5.32 Å². The maximum Gasteiger partial charge on any atom is 0.339 e. The number of halogens is 1. The number of hydrogen-bond acceptors (Lipinski definition) is 5. The number of nitro benzene ring substituents is 1. The SMILES string of the molecule is CC(C)NC(=O)[C@H](C)OC(=O)c1ccc(Br)c([N+](=O)[O-])c1. The molecule has 1 aromatic rings. The fourth-order valence-electron chi connectivity index (χ4n) is 1.46. The van der Waals surface area contributed by atoms with Gasteiger partial charge in [0.15, 0.2) is 6.10 Å². The van der Waals surface area contributed by atoms with Gasteiger partial charge in [-0.15, -0.1) is 0 Å². The van der Waals surface area contributed by atoms with Gasteiger partial charge in [0, 0.05) is 12.1 Å². The number of hydrogen-bond donors (Lipinski definition) is 1. The van der Waals surface area contributed by atoms with Crippen molar-refractivity contribution in [2.75, 3.05) is 0 Å². The first-order valence-electron chi connectivity index (χ1n) is 6.17. The zero-order valence-corrected chi connectivity index (χ0v) is 13.3.